The minimum absolute atomic E-state index is 0.970. The zero-order chi connectivity index (χ0) is 13.8. The highest BCUT2D eigenvalue weighted by atomic mass is 15.3. The van der Waals surface area contributed by atoms with Crippen LogP contribution in [0.2, 0.25) is 0 Å². The molecule has 3 rings (SSSR count). The second-order valence-corrected chi connectivity index (χ2v) is 6.41. The molecule has 0 radical (unpaired) electrons. The number of hydrogen-bond acceptors (Lipinski definition) is 3. The molecule has 0 aliphatic carbocycles. The van der Waals surface area contributed by atoms with Crippen LogP contribution in [-0.4, -0.2) is 40.9 Å². The quantitative estimate of drug-likeness (QED) is 0.914. The van der Waals surface area contributed by atoms with Gasteiger partial charge in [-0.05, 0) is 70.6 Å². The van der Waals surface area contributed by atoms with Crippen molar-refractivity contribution in [1.29, 1.82) is 0 Å². The largest absolute Gasteiger partial charge is 0.317 e. The van der Waals surface area contributed by atoms with Gasteiger partial charge in [0.05, 0.1) is 6.20 Å². The Labute approximate surface area is 122 Å². The van der Waals surface area contributed by atoms with Crippen molar-refractivity contribution in [3.63, 3.8) is 0 Å². The minimum Gasteiger partial charge on any atom is -0.317 e. The summed E-state index contributed by atoms with van der Waals surface area (Å²) in [4.78, 5) is 2.61. The topological polar surface area (TPSA) is 33.1 Å². The van der Waals surface area contributed by atoms with E-state index in [9.17, 15) is 0 Å². The van der Waals surface area contributed by atoms with Crippen molar-refractivity contribution < 1.29 is 0 Å². The monoisotopic (exact) mass is 276 g/mol. The lowest BCUT2D eigenvalue weighted by Crippen LogP contribution is -2.39. The van der Waals surface area contributed by atoms with Gasteiger partial charge in [0.25, 0.3) is 0 Å². The van der Waals surface area contributed by atoms with Crippen molar-refractivity contribution >= 4 is 0 Å². The molecule has 2 saturated heterocycles. The van der Waals surface area contributed by atoms with Crippen LogP contribution in [0.5, 0.6) is 0 Å². The fourth-order valence-corrected chi connectivity index (χ4v) is 3.82. The van der Waals surface area contributed by atoms with Gasteiger partial charge in [0.15, 0.2) is 0 Å². The molecule has 1 N–H and O–H groups in total. The number of rotatable bonds is 4. The van der Waals surface area contributed by atoms with Crippen LogP contribution in [0.4, 0.5) is 0 Å². The number of likely N-dealkylation sites (tertiary alicyclic amines) is 1. The van der Waals surface area contributed by atoms with Gasteiger partial charge >= 0.3 is 0 Å². The first kappa shape index (κ1) is 14.1. The van der Waals surface area contributed by atoms with Gasteiger partial charge in [0, 0.05) is 24.8 Å². The summed E-state index contributed by atoms with van der Waals surface area (Å²) >= 11 is 0. The first-order valence-electron chi connectivity index (χ1n) is 8.29. The van der Waals surface area contributed by atoms with E-state index in [0.29, 0.717) is 0 Å². The van der Waals surface area contributed by atoms with E-state index < -0.39 is 0 Å². The molecule has 0 aromatic carbocycles. The third-order valence-corrected chi connectivity index (χ3v) is 5.10. The van der Waals surface area contributed by atoms with Gasteiger partial charge in [-0.3, -0.25) is 9.58 Å². The minimum atomic E-state index is 0.970. The molecule has 2 fully saturated rings. The molecule has 0 saturated carbocycles. The Kier molecular flexibility index (Phi) is 4.73. The van der Waals surface area contributed by atoms with E-state index in [1.165, 1.54) is 57.4 Å². The molecule has 20 heavy (non-hydrogen) atoms. The van der Waals surface area contributed by atoms with Crippen molar-refractivity contribution in [1.82, 2.24) is 20.0 Å². The lowest BCUT2D eigenvalue weighted by Gasteiger charge is -2.37. The van der Waals surface area contributed by atoms with E-state index in [-0.39, 0.29) is 0 Å². The lowest BCUT2D eigenvalue weighted by atomic mass is 9.79. The Morgan fingerprint density at radius 3 is 2.50 bits per heavy atom. The highest BCUT2D eigenvalue weighted by molar-refractivity contribution is 5.03. The van der Waals surface area contributed by atoms with Gasteiger partial charge in [-0.15, -0.1) is 0 Å². The van der Waals surface area contributed by atoms with Gasteiger partial charge in [0.1, 0.15) is 0 Å². The number of hydrogen-bond donors (Lipinski definition) is 1. The molecule has 0 unspecified atom stereocenters. The predicted molar refractivity (Wildman–Crippen MR) is 81.5 cm³/mol. The van der Waals surface area contributed by atoms with Gasteiger partial charge < -0.3 is 5.32 Å². The number of nitrogens with zero attached hydrogens (tertiary/aromatic N) is 3. The second-order valence-electron chi connectivity index (χ2n) is 6.41. The van der Waals surface area contributed by atoms with Crippen molar-refractivity contribution in [2.75, 3.05) is 26.2 Å². The van der Waals surface area contributed by atoms with Crippen molar-refractivity contribution in [2.45, 2.75) is 45.7 Å². The van der Waals surface area contributed by atoms with Gasteiger partial charge in [-0.2, -0.15) is 5.10 Å². The molecule has 4 nitrogen and oxygen atoms in total. The molecule has 0 bridgehead atoms. The SMILES string of the molecule is CCn1cc(CN2CCC(C3CCNCC3)CC2)cn1. The van der Waals surface area contributed by atoms with Crippen LogP contribution in [0, 0.1) is 11.8 Å². The molecule has 1 aromatic rings. The molecule has 2 aliphatic rings. The van der Waals surface area contributed by atoms with Gasteiger partial charge in [-0.1, -0.05) is 0 Å². The summed E-state index contributed by atoms with van der Waals surface area (Å²) in [5.74, 6) is 1.97. The molecule has 0 atom stereocenters. The van der Waals surface area contributed by atoms with E-state index >= 15 is 0 Å². The molecule has 0 amide bonds. The van der Waals surface area contributed by atoms with Crippen molar-refractivity contribution in [3.8, 4) is 0 Å². The van der Waals surface area contributed by atoms with E-state index in [1.807, 2.05) is 10.9 Å². The van der Waals surface area contributed by atoms with Crippen LogP contribution in [-0.2, 0) is 13.1 Å². The van der Waals surface area contributed by atoms with Gasteiger partial charge in [0.2, 0.25) is 0 Å². The Hall–Kier alpha value is -0.870. The number of nitrogens with one attached hydrogen (secondary N) is 1. The van der Waals surface area contributed by atoms with E-state index in [0.717, 1.165) is 24.9 Å². The van der Waals surface area contributed by atoms with E-state index in [4.69, 9.17) is 0 Å². The Morgan fingerprint density at radius 1 is 1.15 bits per heavy atom. The number of aryl methyl sites for hydroxylation is 1. The summed E-state index contributed by atoms with van der Waals surface area (Å²) < 4.78 is 2.02. The smallest absolute Gasteiger partial charge is 0.0534 e. The predicted octanol–water partition coefficient (Wildman–Crippen LogP) is 2.11. The molecular formula is C16H28N4. The molecule has 4 heteroatoms. The highest BCUT2D eigenvalue weighted by Crippen LogP contribution is 2.31. The molecular weight excluding hydrogens is 248 g/mol. The zero-order valence-corrected chi connectivity index (χ0v) is 12.7. The van der Waals surface area contributed by atoms with Crippen LogP contribution >= 0.6 is 0 Å². The van der Waals surface area contributed by atoms with Crippen molar-refractivity contribution in [2.24, 2.45) is 11.8 Å². The van der Waals surface area contributed by atoms with Crippen LogP contribution in [0.3, 0.4) is 0 Å². The summed E-state index contributed by atoms with van der Waals surface area (Å²) in [6, 6.07) is 0. The maximum Gasteiger partial charge on any atom is 0.0534 e. The fraction of sp³-hybridized carbons (Fsp3) is 0.812. The fourth-order valence-electron chi connectivity index (χ4n) is 3.82. The van der Waals surface area contributed by atoms with Crippen LogP contribution in [0.15, 0.2) is 12.4 Å². The molecule has 1 aromatic heterocycles. The molecule has 112 valence electrons. The Morgan fingerprint density at radius 2 is 1.85 bits per heavy atom. The average molecular weight is 276 g/mol. The summed E-state index contributed by atoms with van der Waals surface area (Å²) in [5, 5.41) is 7.86. The first-order chi connectivity index (χ1) is 9.85. The van der Waals surface area contributed by atoms with Crippen LogP contribution in [0.25, 0.3) is 0 Å². The maximum absolute atomic E-state index is 4.37. The highest BCUT2D eigenvalue weighted by Gasteiger charge is 2.27. The molecule has 3 heterocycles. The van der Waals surface area contributed by atoms with Crippen LogP contribution < -0.4 is 5.32 Å². The van der Waals surface area contributed by atoms with E-state index in [2.05, 4.69) is 28.4 Å². The van der Waals surface area contributed by atoms with Crippen LogP contribution in [0.1, 0.15) is 38.2 Å². The standard InChI is InChI=1S/C16H28N4/c1-2-20-13-14(11-18-20)12-19-9-5-16(6-10-19)15-3-7-17-8-4-15/h11,13,15-17H,2-10,12H2,1H3. The summed E-state index contributed by atoms with van der Waals surface area (Å²) in [5.41, 5.74) is 1.37. The Bertz CT molecular complexity index is 400. The maximum atomic E-state index is 4.37. The summed E-state index contributed by atoms with van der Waals surface area (Å²) in [6.07, 6.45) is 9.81. The number of piperidine rings is 2. The average Bonchev–Trinajstić information content (AvgIpc) is 2.97. The normalized spacial score (nSPS) is 23.2. The third-order valence-electron chi connectivity index (χ3n) is 5.10. The van der Waals surface area contributed by atoms with Gasteiger partial charge in [-0.25, -0.2) is 0 Å². The first-order valence-corrected chi connectivity index (χ1v) is 8.29. The molecule has 2 aliphatic heterocycles. The number of aromatic nitrogens is 2. The summed E-state index contributed by atoms with van der Waals surface area (Å²) in [7, 11) is 0. The van der Waals surface area contributed by atoms with Crippen molar-refractivity contribution in [3.05, 3.63) is 18.0 Å². The Balaban J connectivity index is 1.45. The zero-order valence-electron chi connectivity index (χ0n) is 12.7. The molecule has 0 spiro atoms. The van der Waals surface area contributed by atoms with E-state index in [1.54, 1.807) is 0 Å². The summed E-state index contributed by atoms with van der Waals surface area (Å²) in [6.45, 7) is 9.21. The second kappa shape index (κ2) is 6.72. The lowest BCUT2D eigenvalue weighted by molar-refractivity contribution is 0.126. The third kappa shape index (κ3) is 3.41.